The summed E-state index contributed by atoms with van der Waals surface area (Å²) in [4.78, 5) is 27.9. The van der Waals surface area contributed by atoms with Crippen LogP contribution in [0.3, 0.4) is 0 Å². The van der Waals surface area contributed by atoms with E-state index in [0.29, 0.717) is 5.23 Å². The number of carbonyl (C=O) groups excluding carboxylic acids is 2. The predicted octanol–water partition coefficient (Wildman–Crippen LogP) is -0.529. The lowest BCUT2D eigenvalue weighted by Crippen LogP contribution is -2.27. The zero-order valence-corrected chi connectivity index (χ0v) is 8.00. The van der Waals surface area contributed by atoms with Gasteiger partial charge in [-0.05, 0) is 0 Å². The van der Waals surface area contributed by atoms with E-state index in [4.69, 9.17) is 4.74 Å². The smallest absolute Gasteiger partial charge is 0.255 e. The number of amides is 2. The van der Waals surface area contributed by atoms with Crippen molar-refractivity contribution in [2.75, 3.05) is 14.2 Å². The molecule has 2 aliphatic heterocycles. The van der Waals surface area contributed by atoms with Gasteiger partial charge in [-0.2, -0.15) is 0 Å². The number of carbonyl (C=O) groups is 2. The SMILES string of the molecule is COC1=NC2C(=O)N(C)C(=O)C2S1. The van der Waals surface area contributed by atoms with Gasteiger partial charge in [0.1, 0.15) is 5.25 Å². The Morgan fingerprint density at radius 2 is 2.15 bits per heavy atom. The normalized spacial score (nSPS) is 32.2. The van der Waals surface area contributed by atoms with Crippen LogP contribution in [0.5, 0.6) is 0 Å². The average Bonchev–Trinajstić information content (AvgIpc) is 2.64. The Bertz CT molecular complexity index is 315. The van der Waals surface area contributed by atoms with E-state index in [0.717, 1.165) is 4.90 Å². The molecular formula is C7H8N2O3S. The van der Waals surface area contributed by atoms with Crippen LogP contribution in [-0.2, 0) is 14.3 Å². The number of likely N-dealkylation sites (N-methyl/N-ethyl adjacent to an activating group) is 1. The lowest BCUT2D eigenvalue weighted by atomic mass is 10.2. The van der Waals surface area contributed by atoms with E-state index in [9.17, 15) is 9.59 Å². The second kappa shape index (κ2) is 2.73. The van der Waals surface area contributed by atoms with Crippen LogP contribution in [0, 0.1) is 0 Å². The number of methoxy groups -OCH3 is 1. The second-order valence-electron chi connectivity index (χ2n) is 2.82. The van der Waals surface area contributed by atoms with Crippen LogP contribution < -0.4 is 0 Å². The first-order chi connectivity index (χ1) is 6.15. The molecule has 2 heterocycles. The second-order valence-corrected chi connectivity index (χ2v) is 3.91. The van der Waals surface area contributed by atoms with Gasteiger partial charge in [-0.3, -0.25) is 14.5 Å². The molecule has 0 N–H and O–H groups in total. The van der Waals surface area contributed by atoms with E-state index in [2.05, 4.69) is 4.99 Å². The third kappa shape index (κ3) is 1.05. The minimum atomic E-state index is -0.558. The Morgan fingerprint density at radius 3 is 2.69 bits per heavy atom. The van der Waals surface area contributed by atoms with Crippen LogP contribution in [0.15, 0.2) is 4.99 Å². The Morgan fingerprint density at radius 1 is 1.46 bits per heavy atom. The molecule has 1 fully saturated rings. The summed E-state index contributed by atoms with van der Waals surface area (Å²) in [5, 5.41) is 0.0252. The number of hydrogen-bond donors (Lipinski definition) is 0. The van der Waals surface area contributed by atoms with Gasteiger partial charge in [-0.1, -0.05) is 11.8 Å². The first-order valence-corrected chi connectivity index (χ1v) is 4.63. The third-order valence-electron chi connectivity index (χ3n) is 2.09. The molecule has 2 unspecified atom stereocenters. The maximum absolute atomic E-state index is 11.4. The summed E-state index contributed by atoms with van der Waals surface area (Å²) >= 11 is 1.21. The van der Waals surface area contributed by atoms with Crippen molar-refractivity contribution in [2.24, 2.45) is 4.99 Å². The molecule has 2 aliphatic rings. The lowest BCUT2D eigenvalue weighted by molar-refractivity contribution is -0.136. The molecule has 5 nitrogen and oxygen atoms in total. The highest BCUT2D eigenvalue weighted by atomic mass is 32.2. The molecule has 13 heavy (non-hydrogen) atoms. The minimum absolute atomic E-state index is 0.184. The first-order valence-electron chi connectivity index (χ1n) is 3.75. The standard InChI is InChI=1S/C7H8N2O3S/c1-9-5(10)3-4(6(9)11)13-7(8-3)12-2/h3-4H,1-2H3. The first kappa shape index (κ1) is 8.55. The van der Waals surface area contributed by atoms with Gasteiger partial charge in [0, 0.05) is 7.05 Å². The molecule has 0 aromatic rings. The number of hydrogen-bond acceptors (Lipinski definition) is 5. The van der Waals surface area contributed by atoms with Gasteiger partial charge in [0.05, 0.1) is 7.11 Å². The maximum atomic E-state index is 11.4. The monoisotopic (exact) mass is 200 g/mol. The molecule has 1 saturated heterocycles. The fourth-order valence-corrected chi connectivity index (χ4v) is 2.41. The van der Waals surface area contributed by atoms with Crippen LogP contribution in [0.25, 0.3) is 0 Å². The summed E-state index contributed by atoms with van der Waals surface area (Å²) in [6.45, 7) is 0. The lowest BCUT2D eigenvalue weighted by Gasteiger charge is -2.06. The van der Waals surface area contributed by atoms with Crippen LogP contribution in [0.2, 0.25) is 0 Å². The number of likely N-dealkylation sites (tertiary alicyclic amines) is 1. The zero-order chi connectivity index (χ0) is 9.59. The summed E-state index contributed by atoms with van der Waals surface area (Å²) in [6.07, 6.45) is 0. The number of aliphatic imine (C=N–C) groups is 1. The fourth-order valence-electron chi connectivity index (χ4n) is 1.35. The number of ether oxygens (including phenoxy) is 1. The number of imide groups is 1. The van der Waals surface area contributed by atoms with E-state index < -0.39 is 11.3 Å². The predicted molar refractivity (Wildman–Crippen MR) is 47.4 cm³/mol. The van der Waals surface area contributed by atoms with E-state index in [1.165, 1.54) is 25.9 Å². The highest BCUT2D eigenvalue weighted by molar-refractivity contribution is 8.15. The summed E-state index contributed by atoms with van der Waals surface area (Å²) in [5.41, 5.74) is 0. The Balaban J connectivity index is 2.28. The van der Waals surface area contributed by atoms with Gasteiger partial charge in [0.15, 0.2) is 6.04 Å². The summed E-state index contributed by atoms with van der Waals surface area (Å²) < 4.78 is 4.87. The maximum Gasteiger partial charge on any atom is 0.255 e. The molecule has 2 rings (SSSR count). The highest BCUT2D eigenvalue weighted by Gasteiger charge is 2.51. The van der Waals surface area contributed by atoms with Crippen molar-refractivity contribution < 1.29 is 14.3 Å². The molecule has 2 atom stereocenters. The van der Waals surface area contributed by atoms with Crippen molar-refractivity contribution in [1.29, 1.82) is 0 Å². The molecule has 0 aromatic heterocycles. The largest absolute Gasteiger partial charge is 0.476 e. The van der Waals surface area contributed by atoms with Crippen LogP contribution in [-0.4, -0.2) is 47.4 Å². The van der Waals surface area contributed by atoms with Crippen molar-refractivity contribution in [2.45, 2.75) is 11.3 Å². The van der Waals surface area contributed by atoms with E-state index in [1.807, 2.05) is 0 Å². The molecule has 2 amide bonds. The minimum Gasteiger partial charge on any atom is -0.476 e. The number of fused-ring (bicyclic) bond motifs is 1. The number of rotatable bonds is 0. The number of thioether (sulfide) groups is 1. The highest BCUT2D eigenvalue weighted by Crippen LogP contribution is 2.34. The van der Waals surface area contributed by atoms with E-state index >= 15 is 0 Å². The van der Waals surface area contributed by atoms with E-state index in [1.54, 1.807) is 0 Å². The molecule has 0 bridgehead atoms. The Hall–Kier alpha value is -1.04. The van der Waals surface area contributed by atoms with Gasteiger partial charge in [0.25, 0.3) is 5.91 Å². The summed E-state index contributed by atoms with van der Waals surface area (Å²) in [7, 11) is 2.96. The molecule has 0 aliphatic carbocycles. The molecule has 0 radical (unpaired) electrons. The molecular weight excluding hydrogens is 192 g/mol. The number of nitrogens with zero attached hydrogens (tertiary/aromatic N) is 2. The molecule has 6 heteroatoms. The molecule has 0 aromatic carbocycles. The molecule has 70 valence electrons. The third-order valence-corrected chi connectivity index (χ3v) is 3.28. The van der Waals surface area contributed by atoms with Crippen LogP contribution in [0.1, 0.15) is 0 Å². The van der Waals surface area contributed by atoms with Crippen molar-refractivity contribution in [3.05, 3.63) is 0 Å². The van der Waals surface area contributed by atoms with Gasteiger partial charge >= 0.3 is 0 Å². The van der Waals surface area contributed by atoms with Gasteiger partial charge in [-0.25, -0.2) is 4.99 Å². The van der Waals surface area contributed by atoms with Crippen molar-refractivity contribution in [3.8, 4) is 0 Å². The van der Waals surface area contributed by atoms with Crippen LogP contribution in [0.4, 0.5) is 0 Å². The zero-order valence-electron chi connectivity index (χ0n) is 7.18. The van der Waals surface area contributed by atoms with Crippen molar-refractivity contribution in [1.82, 2.24) is 4.90 Å². The summed E-state index contributed by atoms with van der Waals surface area (Å²) in [5.74, 6) is -0.426. The van der Waals surface area contributed by atoms with Gasteiger partial charge in [0.2, 0.25) is 11.1 Å². The van der Waals surface area contributed by atoms with E-state index in [-0.39, 0.29) is 11.8 Å². The van der Waals surface area contributed by atoms with Gasteiger partial charge < -0.3 is 4.74 Å². The molecule has 0 saturated carbocycles. The Labute approximate surface area is 79.1 Å². The quantitative estimate of drug-likeness (QED) is 0.493. The molecule has 0 spiro atoms. The fraction of sp³-hybridized carbons (Fsp3) is 0.571. The van der Waals surface area contributed by atoms with Crippen LogP contribution >= 0.6 is 11.8 Å². The van der Waals surface area contributed by atoms with Crippen molar-refractivity contribution in [3.63, 3.8) is 0 Å². The van der Waals surface area contributed by atoms with Gasteiger partial charge in [-0.15, -0.1) is 0 Å². The van der Waals surface area contributed by atoms with Crippen molar-refractivity contribution >= 4 is 28.8 Å². The topological polar surface area (TPSA) is 59.0 Å². The summed E-state index contributed by atoms with van der Waals surface area (Å²) in [6, 6.07) is -0.558. The average molecular weight is 200 g/mol. The Kier molecular flexibility index (Phi) is 1.80.